The Kier molecular flexibility index (Phi) is 6.73. The van der Waals surface area contributed by atoms with Crippen molar-refractivity contribution >= 4 is 12.3 Å². The lowest BCUT2D eigenvalue weighted by Gasteiger charge is -2.23. The van der Waals surface area contributed by atoms with Crippen molar-refractivity contribution in [3.63, 3.8) is 0 Å². The van der Waals surface area contributed by atoms with Crippen LogP contribution >= 0.6 is 0 Å². The Morgan fingerprint density at radius 2 is 2.25 bits per heavy atom. The molecule has 0 unspecified atom stereocenters. The third-order valence-corrected chi connectivity index (χ3v) is 3.15. The average Bonchev–Trinajstić information content (AvgIpc) is 2.40. The van der Waals surface area contributed by atoms with Crippen LogP contribution in [0.25, 0.3) is 0 Å². The summed E-state index contributed by atoms with van der Waals surface area (Å²) >= 11 is 0. The van der Waals surface area contributed by atoms with Crippen molar-refractivity contribution in [1.82, 2.24) is 5.32 Å². The van der Waals surface area contributed by atoms with Gasteiger partial charge in [-0.3, -0.25) is 9.59 Å². The van der Waals surface area contributed by atoms with Crippen molar-refractivity contribution < 1.29 is 14.3 Å². The fourth-order valence-corrected chi connectivity index (χ4v) is 1.98. The molecule has 3 N–H and O–H groups in total. The van der Waals surface area contributed by atoms with Crippen LogP contribution in [0.15, 0.2) is 24.3 Å². The van der Waals surface area contributed by atoms with E-state index in [9.17, 15) is 9.59 Å². The number of primary amides is 1. The molecule has 5 heteroatoms. The summed E-state index contributed by atoms with van der Waals surface area (Å²) in [5, 5.41) is 2.67. The first-order valence-electron chi connectivity index (χ1n) is 6.68. The second-order valence-electron chi connectivity index (χ2n) is 4.90. The minimum atomic E-state index is -0.381. The smallest absolute Gasteiger partial charge is 0.217 e. The summed E-state index contributed by atoms with van der Waals surface area (Å²) in [6.07, 6.45) is 1.13. The summed E-state index contributed by atoms with van der Waals surface area (Å²) in [6, 6.07) is 7.83. The first-order valence-corrected chi connectivity index (χ1v) is 6.68. The van der Waals surface area contributed by atoms with Gasteiger partial charge in [-0.05, 0) is 25.8 Å². The number of carbonyl (C=O) groups is 2. The third-order valence-electron chi connectivity index (χ3n) is 3.15. The van der Waals surface area contributed by atoms with E-state index < -0.39 is 0 Å². The summed E-state index contributed by atoms with van der Waals surface area (Å²) in [5.74, 6) is -0.381. The molecule has 0 saturated heterocycles. The Hall–Kier alpha value is -1.88. The fourth-order valence-electron chi connectivity index (χ4n) is 1.98. The molecule has 0 heterocycles. The van der Waals surface area contributed by atoms with Crippen LogP contribution in [0.3, 0.4) is 0 Å². The number of nitrogens with one attached hydrogen (secondary N) is 1. The van der Waals surface area contributed by atoms with Gasteiger partial charge in [-0.2, -0.15) is 0 Å². The largest absolute Gasteiger partial charge is 0.372 e. The van der Waals surface area contributed by atoms with Crippen LogP contribution in [-0.4, -0.2) is 24.5 Å². The summed E-state index contributed by atoms with van der Waals surface area (Å²) in [7, 11) is 0. The molecule has 1 rings (SSSR count). The molecule has 110 valence electrons. The number of ether oxygens (including phenoxy) is 1. The second kappa shape index (κ2) is 8.32. The lowest BCUT2D eigenvalue weighted by Crippen LogP contribution is -2.39. The number of amides is 2. The van der Waals surface area contributed by atoms with Crippen LogP contribution in [0, 0.1) is 6.92 Å². The van der Waals surface area contributed by atoms with E-state index in [0.717, 1.165) is 5.56 Å². The third kappa shape index (κ3) is 5.84. The van der Waals surface area contributed by atoms with Gasteiger partial charge in [-0.15, -0.1) is 0 Å². The molecule has 20 heavy (non-hydrogen) atoms. The first-order chi connectivity index (χ1) is 9.52. The van der Waals surface area contributed by atoms with Crippen molar-refractivity contribution in [1.29, 1.82) is 0 Å². The van der Waals surface area contributed by atoms with Crippen LogP contribution in [0.1, 0.15) is 30.9 Å². The van der Waals surface area contributed by atoms with Gasteiger partial charge in [0.25, 0.3) is 0 Å². The Balaban J connectivity index is 2.50. The van der Waals surface area contributed by atoms with E-state index in [4.69, 9.17) is 10.5 Å². The Labute approximate surface area is 119 Å². The van der Waals surface area contributed by atoms with Crippen LogP contribution < -0.4 is 11.1 Å². The van der Waals surface area contributed by atoms with Gasteiger partial charge in [-0.1, -0.05) is 29.8 Å². The molecule has 0 saturated carbocycles. The van der Waals surface area contributed by atoms with E-state index >= 15 is 0 Å². The molecule has 2 atom stereocenters. The minimum absolute atomic E-state index is 0.194. The highest BCUT2D eigenvalue weighted by Gasteiger charge is 2.18. The molecule has 1 aromatic rings. The predicted molar refractivity (Wildman–Crippen MR) is 76.8 cm³/mol. The topological polar surface area (TPSA) is 81.4 Å². The van der Waals surface area contributed by atoms with Crippen molar-refractivity contribution in [3.05, 3.63) is 35.4 Å². The molecular formula is C15H22N2O3. The number of rotatable bonds is 9. The van der Waals surface area contributed by atoms with E-state index in [0.29, 0.717) is 19.4 Å². The molecule has 5 nitrogen and oxygen atoms in total. The zero-order chi connectivity index (χ0) is 15.0. The van der Waals surface area contributed by atoms with Gasteiger partial charge in [-0.25, -0.2) is 0 Å². The standard InChI is InChI=1S/C15H22N2O3/c1-11-4-3-5-13(8-11)9-20-12(2)14(17-10-18)6-7-15(16)19/h3-5,8,10,12,14H,6-7,9H2,1-2H3,(H2,16,19)(H,17,18)/t12-,14+/m1/s1. The van der Waals surface area contributed by atoms with E-state index in [1.54, 1.807) is 0 Å². The zero-order valence-electron chi connectivity index (χ0n) is 12.0. The Morgan fingerprint density at radius 3 is 2.85 bits per heavy atom. The lowest BCUT2D eigenvalue weighted by molar-refractivity contribution is -0.119. The second-order valence-corrected chi connectivity index (χ2v) is 4.90. The number of benzene rings is 1. The van der Waals surface area contributed by atoms with E-state index in [2.05, 4.69) is 11.4 Å². The molecule has 0 bridgehead atoms. The number of nitrogens with two attached hydrogens (primary N) is 1. The van der Waals surface area contributed by atoms with Gasteiger partial charge in [0.05, 0.1) is 18.8 Å². The van der Waals surface area contributed by atoms with E-state index in [-0.39, 0.29) is 24.5 Å². The van der Waals surface area contributed by atoms with E-state index in [1.807, 2.05) is 32.0 Å². The fraction of sp³-hybridized carbons (Fsp3) is 0.467. The van der Waals surface area contributed by atoms with Crippen LogP contribution in [0.2, 0.25) is 0 Å². The molecular weight excluding hydrogens is 256 g/mol. The van der Waals surface area contributed by atoms with Gasteiger partial charge < -0.3 is 15.8 Å². The molecule has 0 aliphatic rings. The number of carbonyl (C=O) groups excluding carboxylic acids is 2. The number of hydrogen-bond donors (Lipinski definition) is 2. The molecule has 0 radical (unpaired) electrons. The van der Waals surface area contributed by atoms with Crippen molar-refractivity contribution in [2.75, 3.05) is 0 Å². The molecule has 0 aromatic heterocycles. The van der Waals surface area contributed by atoms with Crippen molar-refractivity contribution in [2.45, 2.75) is 45.4 Å². The number of hydrogen-bond acceptors (Lipinski definition) is 3. The first kappa shape index (κ1) is 16.2. The summed E-state index contributed by atoms with van der Waals surface area (Å²) in [5.41, 5.74) is 7.38. The van der Waals surface area contributed by atoms with Crippen LogP contribution in [0.5, 0.6) is 0 Å². The van der Waals surface area contributed by atoms with Crippen LogP contribution in [-0.2, 0) is 20.9 Å². The zero-order valence-corrected chi connectivity index (χ0v) is 12.0. The molecule has 0 aliphatic heterocycles. The monoisotopic (exact) mass is 278 g/mol. The van der Waals surface area contributed by atoms with Crippen molar-refractivity contribution in [3.8, 4) is 0 Å². The molecule has 0 fully saturated rings. The molecule has 2 amide bonds. The van der Waals surface area contributed by atoms with Gasteiger partial charge in [0.15, 0.2) is 0 Å². The Morgan fingerprint density at radius 1 is 1.50 bits per heavy atom. The quantitative estimate of drug-likeness (QED) is 0.668. The predicted octanol–water partition coefficient (Wildman–Crippen LogP) is 1.28. The van der Waals surface area contributed by atoms with Gasteiger partial charge >= 0.3 is 0 Å². The highest BCUT2D eigenvalue weighted by atomic mass is 16.5. The number of aryl methyl sites for hydroxylation is 1. The normalized spacial score (nSPS) is 13.5. The molecule has 0 spiro atoms. The SMILES string of the molecule is Cc1cccc(CO[C@H](C)[C@H](CCC(N)=O)NC=O)c1. The lowest BCUT2D eigenvalue weighted by atomic mass is 10.1. The van der Waals surface area contributed by atoms with Gasteiger partial charge in [0, 0.05) is 6.42 Å². The average molecular weight is 278 g/mol. The van der Waals surface area contributed by atoms with Crippen molar-refractivity contribution in [2.24, 2.45) is 5.73 Å². The highest BCUT2D eigenvalue weighted by molar-refractivity contribution is 5.73. The summed E-state index contributed by atoms with van der Waals surface area (Å²) < 4.78 is 5.76. The van der Waals surface area contributed by atoms with E-state index in [1.165, 1.54) is 5.56 Å². The molecule has 1 aromatic carbocycles. The summed E-state index contributed by atoms with van der Waals surface area (Å²) in [6.45, 7) is 4.37. The van der Waals surface area contributed by atoms with Crippen LogP contribution in [0.4, 0.5) is 0 Å². The summed E-state index contributed by atoms with van der Waals surface area (Å²) in [4.78, 5) is 21.4. The maximum absolute atomic E-state index is 10.8. The van der Waals surface area contributed by atoms with Gasteiger partial charge in [0.1, 0.15) is 0 Å². The molecule has 0 aliphatic carbocycles. The van der Waals surface area contributed by atoms with Gasteiger partial charge in [0.2, 0.25) is 12.3 Å². The Bertz CT molecular complexity index is 448. The maximum atomic E-state index is 10.8. The maximum Gasteiger partial charge on any atom is 0.217 e. The highest BCUT2D eigenvalue weighted by Crippen LogP contribution is 2.11. The minimum Gasteiger partial charge on any atom is -0.372 e.